The molecular formula is C23H24FN3O. The van der Waals surface area contributed by atoms with E-state index in [9.17, 15) is 9.18 Å². The molecule has 1 aromatic heterocycles. The van der Waals surface area contributed by atoms with Crippen molar-refractivity contribution in [1.29, 1.82) is 0 Å². The largest absolute Gasteiger partial charge is 0.370 e. The number of rotatable bonds is 9. The zero-order valence-electron chi connectivity index (χ0n) is 15.7. The topological polar surface area (TPSA) is 54.0 Å². The fraction of sp³-hybridized carbons (Fsp3) is 0.217. The Bertz CT molecular complexity index is 882. The van der Waals surface area contributed by atoms with Crippen molar-refractivity contribution in [3.63, 3.8) is 0 Å². The van der Waals surface area contributed by atoms with E-state index in [-0.39, 0.29) is 11.7 Å². The molecule has 0 fully saturated rings. The molecule has 0 bridgehead atoms. The Balaban J connectivity index is 1.39. The third-order valence-corrected chi connectivity index (χ3v) is 4.45. The van der Waals surface area contributed by atoms with Crippen LogP contribution in [-0.4, -0.2) is 24.0 Å². The van der Waals surface area contributed by atoms with Crippen molar-refractivity contribution in [1.82, 2.24) is 10.3 Å². The molecule has 0 aliphatic rings. The summed E-state index contributed by atoms with van der Waals surface area (Å²) in [5.41, 5.74) is 2.46. The van der Waals surface area contributed by atoms with Crippen LogP contribution in [0.2, 0.25) is 0 Å². The highest BCUT2D eigenvalue weighted by Gasteiger charge is 2.06. The van der Waals surface area contributed by atoms with Crippen LogP contribution in [0, 0.1) is 5.82 Å². The Morgan fingerprint density at radius 2 is 1.68 bits per heavy atom. The molecule has 0 aliphatic carbocycles. The van der Waals surface area contributed by atoms with E-state index in [0.717, 1.165) is 12.8 Å². The number of carbonyl (C=O) groups is 1. The minimum atomic E-state index is -0.198. The maximum atomic E-state index is 13.6. The third kappa shape index (κ3) is 5.91. The summed E-state index contributed by atoms with van der Waals surface area (Å²) in [5.74, 6) is 0.340. The molecule has 5 heteroatoms. The van der Waals surface area contributed by atoms with Crippen molar-refractivity contribution in [2.24, 2.45) is 0 Å². The van der Waals surface area contributed by atoms with E-state index >= 15 is 0 Å². The van der Waals surface area contributed by atoms with Gasteiger partial charge in [-0.05, 0) is 48.6 Å². The number of halogens is 1. The minimum absolute atomic E-state index is 0.126. The van der Waals surface area contributed by atoms with Crippen LogP contribution in [0.15, 0.2) is 72.9 Å². The monoisotopic (exact) mass is 377 g/mol. The van der Waals surface area contributed by atoms with Gasteiger partial charge >= 0.3 is 0 Å². The fourth-order valence-corrected chi connectivity index (χ4v) is 2.90. The van der Waals surface area contributed by atoms with Gasteiger partial charge in [0.2, 0.25) is 0 Å². The smallest absolute Gasteiger partial charge is 0.252 e. The maximum absolute atomic E-state index is 13.6. The highest BCUT2D eigenvalue weighted by molar-refractivity contribution is 5.94. The van der Waals surface area contributed by atoms with Crippen molar-refractivity contribution in [3.8, 4) is 0 Å². The van der Waals surface area contributed by atoms with Crippen LogP contribution in [0.4, 0.5) is 10.2 Å². The molecular weight excluding hydrogens is 353 g/mol. The normalized spacial score (nSPS) is 10.5. The molecule has 0 aliphatic heterocycles. The summed E-state index contributed by atoms with van der Waals surface area (Å²) in [6.45, 7) is 1.19. The zero-order valence-corrected chi connectivity index (χ0v) is 15.7. The first-order chi connectivity index (χ1) is 13.7. The summed E-state index contributed by atoms with van der Waals surface area (Å²) in [7, 11) is 0. The number of carbonyl (C=O) groups excluding carboxylic acids is 1. The second kappa shape index (κ2) is 10.2. The van der Waals surface area contributed by atoms with Gasteiger partial charge in [-0.2, -0.15) is 0 Å². The van der Waals surface area contributed by atoms with Crippen LogP contribution < -0.4 is 10.6 Å². The number of aryl methyl sites for hydroxylation is 1. The highest BCUT2D eigenvalue weighted by Crippen LogP contribution is 2.09. The van der Waals surface area contributed by atoms with Gasteiger partial charge in [0.15, 0.2) is 0 Å². The first-order valence-corrected chi connectivity index (χ1v) is 9.48. The predicted molar refractivity (Wildman–Crippen MR) is 110 cm³/mol. The van der Waals surface area contributed by atoms with Crippen molar-refractivity contribution in [2.75, 3.05) is 18.4 Å². The van der Waals surface area contributed by atoms with Crippen LogP contribution >= 0.6 is 0 Å². The van der Waals surface area contributed by atoms with Gasteiger partial charge in [0, 0.05) is 19.3 Å². The van der Waals surface area contributed by atoms with E-state index in [2.05, 4.69) is 27.8 Å². The fourth-order valence-electron chi connectivity index (χ4n) is 2.90. The molecule has 1 amide bonds. The average Bonchev–Trinajstić information content (AvgIpc) is 2.74. The lowest BCUT2D eigenvalue weighted by Gasteiger charge is -2.08. The highest BCUT2D eigenvalue weighted by atomic mass is 19.1. The number of amides is 1. The lowest BCUT2D eigenvalue weighted by molar-refractivity contribution is 0.0953. The van der Waals surface area contributed by atoms with Gasteiger partial charge < -0.3 is 10.6 Å². The van der Waals surface area contributed by atoms with E-state index in [0.29, 0.717) is 36.5 Å². The van der Waals surface area contributed by atoms with Crippen molar-refractivity contribution < 1.29 is 9.18 Å². The molecule has 2 aromatic carbocycles. The van der Waals surface area contributed by atoms with Crippen molar-refractivity contribution in [3.05, 3.63) is 95.4 Å². The number of anilines is 1. The Labute approximate surface area is 164 Å². The molecule has 0 atom stereocenters. The first-order valence-electron chi connectivity index (χ1n) is 9.48. The molecule has 4 nitrogen and oxygen atoms in total. The van der Waals surface area contributed by atoms with Crippen LogP contribution in [0.25, 0.3) is 0 Å². The van der Waals surface area contributed by atoms with E-state index in [4.69, 9.17) is 0 Å². The van der Waals surface area contributed by atoms with Crippen molar-refractivity contribution >= 4 is 11.7 Å². The number of benzene rings is 2. The molecule has 0 spiro atoms. The number of nitrogens with one attached hydrogen (secondary N) is 2. The summed E-state index contributed by atoms with van der Waals surface area (Å²) in [4.78, 5) is 16.5. The lowest BCUT2D eigenvalue weighted by Crippen LogP contribution is -2.25. The molecule has 144 valence electrons. The molecule has 0 saturated heterocycles. The molecule has 3 aromatic rings. The average molecular weight is 377 g/mol. The van der Waals surface area contributed by atoms with Gasteiger partial charge in [-0.15, -0.1) is 0 Å². The molecule has 0 saturated carbocycles. The summed E-state index contributed by atoms with van der Waals surface area (Å²) < 4.78 is 13.6. The number of nitrogens with zero attached hydrogens (tertiary/aromatic N) is 1. The number of pyridine rings is 1. The summed E-state index contributed by atoms with van der Waals surface area (Å²) in [6.07, 6.45) is 3.94. The number of aromatic nitrogens is 1. The molecule has 2 N–H and O–H groups in total. The standard InChI is InChI=1S/C23H24FN3O/c24-21-11-5-4-10-19(21)14-16-25-22-13-12-20(17-27-22)23(28)26-15-6-9-18-7-2-1-3-8-18/h1-5,7-8,10-13,17H,6,9,14-16H2,(H,25,27)(H,26,28). The molecule has 0 unspecified atom stereocenters. The molecule has 28 heavy (non-hydrogen) atoms. The van der Waals surface area contributed by atoms with Gasteiger partial charge in [-0.25, -0.2) is 9.37 Å². The van der Waals surface area contributed by atoms with Gasteiger partial charge in [0.25, 0.3) is 5.91 Å². The van der Waals surface area contributed by atoms with E-state index in [1.165, 1.54) is 11.6 Å². The third-order valence-electron chi connectivity index (χ3n) is 4.45. The Hall–Kier alpha value is -3.21. The van der Waals surface area contributed by atoms with E-state index < -0.39 is 0 Å². The van der Waals surface area contributed by atoms with Crippen LogP contribution in [0.3, 0.4) is 0 Å². The number of hydrogen-bond acceptors (Lipinski definition) is 3. The minimum Gasteiger partial charge on any atom is -0.370 e. The van der Waals surface area contributed by atoms with E-state index in [1.54, 1.807) is 30.5 Å². The molecule has 1 heterocycles. The van der Waals surface area contributed by atoms with Crippen molar-refractivity contribution in [2.45, 2.75) is 19.3 Å². The second-order valence-corrected chi connectivity index (χ2v) is 6.55. The van der Waals surface area contributed by atoms with Gasteiger partial charge in [0.05, 0.1) is 5.56 Å². The number of hydrogen-bond donors (Lipinski definition) is 2. The summed E-state index contributed by atoms with van der Waals surface area (Å²) in [6, 6.07) is 20.5. The summed E-state index contributed by atoms with van der Waals surface area (Å²) >= 11 is 0. The van der Waals surface area contributed by atoms with Crippen LogP contribution in [-0.2, 0) is 12.8 Å². The quantitative estimate of drug-likeness (QED) is 0.549. The summed E-state index contributed by atoms with van der Waals surface area (Å²) in [5, 5.41) is 6.07. The zero-order chi connectivity index (χ0) is 19.6. The van der Waals surface area contributed by atoms with Crippen LogP contribution in [0.1, 0.15) is 27.9 Å². The van der Waals surface area contributed by atoms with Gasteiger partial charge in [0.1, 0.15) is 11.6 Å². The predicted octanol–water partition coefficient (Wildman–Crippen LogP) is 4.24. The lowest BCUT2D eigenvalue weighted by atomic mass is 10.1. The first kappa shape index (κ1) is 19.5. The second-order valence-electron chi connectivity index (χ2n) is 6.55. The SMILES string of the molecule is O=C(NCCCc1ccccc1)c1ccc(NCCc2ccccc2F)nc1. The van der Waals surface area contributed by atoms with Gasteiger partial charge in [-0.3, -0.25) is 4.79 Å². The molecule has 3 rings (SSSR count). The Kier molecular flexibility index (Phi) is 7.13. The Morgan fingerprint density at radius 3 is 2.43 bits per heavy atom. The van der Waals surface area contributed by atoms with Crippen LogP contribution in [0.5, 0.6) is 0 Å². The van der Waals surface area contributed by atoms with E-state index in [1.807, 2.05) is 24.3 Å². The van der Waals surface area contributed by atoms with Gasteiger partial charge in [-0.1, -0.05) is 48.5 Å². The maximum Gasteiger partial charge on any atom is 0.252 e. The molecule has 0 radical (unpaired) electrons. The Morgan fingerprint density at radius 1 is 0.893 bits per heavy atom.